The average molecular weight is 463 g/mol. The highest BCUT2D eigenvalue weighted by Crippen LogP contribution is 2.30. The first-order chi connectivity index (χ1) is 15.9. The lowest BCUT2D eigenvalue weighted by molar-refractivity contribution is 0.277. The first-order valence-electron chi connectivity index (χ1n) is 10.5. The van der Waals surface area contributed by atoms with Crippen LogP contribution in [0.4, 0.5) is 14.5 Å². The van der Waals surface area contributed by atoms with Crippen molar-refractivity contribution in [3.05, 3.63) is 76.1 Å². The fraction of sp³-hybridized carbons (Fsp3) is 0.320. The Kier molecular flexibility index (Phi) is 11.8. The smallest absolute Gasteiger partial charge is 0.196 e. The quantitative estimate of drug-likeness (QED) is 0.479. The van der Waals surface area contributed by atoms with Crippen LogP contribution in [0.3, 0.4) is 0 Å². The Morgan fingerprint density at radius 3 is 2.39 bits per heavy atom. The van der Waals surface area contributed by atoms with Gasteiger partial charge in [0.05, 0.1) is 24.9 Å². The number of ether oxygens (including phenoxy) is 1. The summed E-state index contributed by atoms with van der Waals surface area (Å²) in [6, 6.07) is 6.66. The fourth-order valence-electron chi connectivity index (χ4n) is 3.04. The SMILES string of the molecule is C=Cc1cn(CCO)c2cc(OC)c(NCc3ccc(F)cc3F)cc2c1=O.CCC.CO. The van der Waals surface area contributed by atoms with Gasteiger partial charge in [-0.3, -0.25) is 4.79 Å². The van der Waals surface area contributed by atoms with Crippen molar-refractivity contribution in [3.63, 3.8) is 0 Å². The van der Waals surface area contributed by atoms with Crippen LogP contribution in [0.2, 0.25) is 0 Å². The van der Waals surface area contributed by atoms with E-state index in [9.17, 15) is 18.7 Å². The number of nitrogens with zero attached hydrogens (tertiary/aromatic N) is 1. The van der Waals surface area contributed by atoms with E-state index in [0.29, 0.717) is 34.4 Å². The maximum Gasteiger partial charge on any atom is 0.196 e. The lowest BCUT2D eigenvalue weighted by Gasteiger charge is -2.16. The van der Waals surface area contributed by atoms with Crippen LogP contribution < -0.4 is 15.5 Å². The minimum atomic E-state index is -0.661. The number of hydrogen-bond donors (Lipinski definition) is 3. The van der Waals surface area contributed by atoms with Crippen LogP contribution in [0.15, 0.2) is 47.9 Å². The number of aliphatic hydroxyl groups excluding tert-OH is 2. The number of halogens is 2. The summed E-state index contributed by atoms with van der Waals surface area (Å²) >= 11 is 0. The molecule has 2 aromatic carbocycles. The van der Waals surface area contributed by atoms with Crippen LogP contribution >= 0.6 is 0 Å². The molecule has 0 spiro atoms. The van der Waals surface area contributed by atoms with Gasteiger partial charge in [0.25, 0.3) is 0 Å². The number of aliphatic hydroxyl groups is 2. The third-order valence-corrected chi connectivity index (χ3v) is 4.47. The van der Waals surface area contributed by atoms with Gasteiger partial charge in [0.1, 0.15) is 17.4 Å². The molecule has 0 aliphatic carbocycles. The lowest BCUT2D eigenvalue weighted by atomic mass is 10.1. The zero-order valence-electron chi connectivity index (χ0n) is 19.5. The molecule has 6 nitrogen and oxygen atoms in total. The van der Waals surface area contributed by atoms with Crippen molar-refractivity contribution < 1.29 is 23.7 Å². The average Bonchev–Trinajstić information content (AvgIpc) is 2.81. The molecule has 3 rings (SSSR count). The van der Waals surface area contributed by atoms with E-state index < -0.39 is 11.6 Å². The van der Waals surface area contributed by atoms with E-state index in [1.165, 1.54) is 31.7 Å². The Morgan fingerprint density at radius 2 is 1.85 bits per heavy atom. The fourth-order valence-corrected chi connectivity index (χ4v) is 3.04. The molecule has 8 heteroatoms. The molecule has 0 saturated heterocycles. The molecule has 180 valence electrons. The van der Waals surface area contributed by atoms with E-state index in [0.717, 1.165) is 13.2 Å². The van der Waals surface area contributed by atoms with Gasteiger partial charge in [-0.1, -0.05) is 39.0 Å². The van der Waals surface area contributed by atoms with Crippen molar-refractivity contribution in [2.45, 2.75) is 33.4 Å². The standard InChI is InChI=1S/C21H20F2N2O3.C3H8.CH4O/c1-3-13-12-25(6-7-26)19-10-20(28-2)18(9-16(19)21(13)27)24-11-14-4-5-15(22)8-17(14)23;1-3-2;1-2/h3-5,8-10,12,24,26H,1,6-7,11H2,2H3;3H2,1-2H3;2H,1H3. The van der Waals surface area contributed by atoms with Crippen LogP contribution in [0, 0.1) is 11.6 Å². The van der Waals surface area contributed by atoms with Gasteiger partial charge in [-0.25, -0.2) is 8.78 Å². The molecule has 0 fully saturated rings. The van der Waals surface area contributed by atoms with Crippen LogP contribution in [0.5, 0.6) is 5.75 Å². The molecule has 0 radical (unpaired) electrons. The van der Waals surface area contributed by atoms with Crippen LogP contribution in [-0.4, -0.2) is 35.6 Å². The zero-order chi connectivity index (χ0) is 25.0. The number of methoxy groups -OCH3 is 1. The highest BCUT2D eigenvalue weighted by molar-refractivity contribution is 5.87. The summed E-state index contributed by atoms with van der Waals surface area (Å²) in [4.78, 5) is 12.7. The first kappa shape index (κ1) is 27.8. The van der Waals surface area contributed by atoms with Gasteiger partial charge in [-0.15, -0.1) is 0 Å². The minimum Gasteiger partial charge on any atom is -0.495 e. The van der Waals surface area contributed by atoms with E-state index in [1.54, 1.807) is 22.9 Å². The number of nitrogens with one attached hydrogen (secondary N) is 1. The third-order valence-electron chi connectivity index (χ3n) is 4.47. The summed E-state index contributed by atoms with van der Waals surface area (Å²) in [6.07, 6.45) is 4.34. The third kappa shape index (κ3) is 7.13. The molecule has 0 atom stereocenters. The number of fused-ring (bicyclic) bond motifs is 1. The Balaban J connectivity index is 0.00000101. The van der Waals surface area contributed by atoms with Gasteiger partial charge < -0.3 is 24.8 Å². The van der Waals surface area contributed by atoms with E-state index in [-0.39, 0.29) is 24.1 Å². The highest BCUT2D eigenvalue weighted by Gasteiger charge is 2.13. The van der Waals surface area contributed by atoms with E-state index >= 15 is 0 Å². The number of pyridine rings is 1. The van der Waals surface area contributed by atoms with Gasteiger partial charge in [-0.05, 0) is 12.1 Å². The Labute approximate surface area is 192 Å². The summed E-state index contributed by atoms with van der Waals surface area (Å²) in [5.41, 5.74) is 1.56. The summed E-state index contributed by atoms with van der Waals surface area (Å²) < 4.78 is 34.1. The number of anilines is 1. The normalized spacial score (nSPS) is 9.94. The molecule has 0 saturated carbocycles. The summed E-state index contributed by atoms with van der Waals surface area (Å²) in [7, 11) is 2.48. The molecule has 0 unspecified atom stereocenters. The molecule has 0 aliphatic rings. The summed E-state index contributed by atoms with van der Waals surface area (Å²) in [5, 5.41) is 19.8. The highest BCUT2D eigenvalue weighted by atomic mass is 19.1. The maximum absolute atomic E-state index is 13.9. The zero-order valence-corrected chi connectivity index (χ0v) is 19.5. The second-order valence-electron chi connectivity index (χ2n) is 6.90. The van der Waals surface area contributed by atoms with Crippen molar-refractivity contribution >= 4 is 22.7 Å². The minimum absolute atomic E-state index is 0.0833. The van der Waals surface area contributed by atoms with Crippen LogP contribution in [-0.2, 0) is 13.1 Å². The van der Waals surface area contributed by atoms with Gasteiger partial charge in [-0.2, -0.15) is 0 Å². The molecule has 33 heavy (non-hydrogen) atoms. The van der Waals surface area contributed by atoms with Crippen molar-refractivity contribution in [2.24, 2.45) is 0 Å². The van der Waals surface area contributed by atoms with E-state index in [4.69, 9.17) is 9.84 Å². The molecule has 0 bridgehead atoms. The number of aromatic nitrogens is 1. The monoisotopic (exact) mass is 462 g/mol. The number of hydrogen-bond acceptors (Lipinski definition) is 5. The predicted octanol–water partition coefficient (Wildman–Crippen LogP) is 4.56. The van der Waals surface area contributed by atoms with E-state index in [1.807, 2.05) is 0 Å². The molecule has 3 aromatic rings. The molecule has 1 aromatic heterocycles. The number of rotatable bonds is 7. The van der Waals surface area contributed by atoms with Gasteiger partial charge in [0.2, 0.25) is 0 Å². The van der Waals surface area contributed by atoms with Crippen molar-refractivity contribution in [2.75, 3.05) is 26.1 Å². The number of benzene rings is 2. The van der Waals surface area contributed by atoms with Crippen molar-refractivity contribution in [1.82, 2.24) is 4.57 Å². The van der Waals surface area contributed by atoms with Crippen molar-refractivity contribution in [1.29, 1.82) is 0 Å². The first-order valence-corrected chi connectivity index (χ1v) is 10.5. The Hall–Kier alpha value is -3.23. The Bertz CT molecular complexity index is 1110. The molecular weight excluding hydrogens is 430 g/mol. The van der Waals surface area contributed by atoms with Gasteiger partial charge >= 0.3 is 0 Å². The molecule has 0 aliphatic heterocycles. The predicted molar refractivity (Wildman–Crippen MR) is 130 cm³/mol. The molecular formula is C25H32F2N2O4. The summed E-state index contributed by atoms with van der Waals surface area (Å²) in [6.45, 7) is 8.20. The van der Waals surface area contributed by atoms with Gasteiger partial charge in [0.15, 0.2) is 5.43 Å². The lowest BCUT2D eigenvalue weighted by Crippen LogP contribution is -2.14. The van der Waals surface area contributed by atoms with E-state index in [2.05, 4.69) is 25.7 Å². The van der Waals surface area contributed by atoms with Crippen LogP contribution in [0.25, 0.3) is 17.0 Å². The van der Waals surface area contributed by atoms with Gasteiger partial charge in [0, 0.05) is 55.0 Å². The largest absolute Gasteiger partial charge is 0.495 e. The topological polar surface area (TPSA) is 83.7 Å². The Morgan fingerprint density at radius 1 is 1.18 bits per heavy atom. The summed E-state index contributed by atoms with van der Waals surface area (Å²) in [5.74, 6) is -0.857. The molecule has 0 amide bonds. The molecule has 3 N–H and O–H groups in total. The second kappa shape index (κ2) is 14.0. The van der Waals surface area contributed by atoms with Crippen molar-refractivity contribution in [3.8, 4) is 5.75 Å². The second-order valence-corrected chi connectivity index (χ2v) is 6.90. The maximum atomic E-state index is 13.9. The van der Waals surface area contributed by atoms with Crippen LogP contribution in [0.1, 0.15) is 31.4 Å². The molecule has 1 heterocycles.